The molecule has 1 saturated carbocycles. The molecular weight excluding hydrogens is 556 g/mol. The Morgan fingerprint density at radius 2 is 1.95 bits per heavy atom. The third-order valence-electron chi connectivity index (χ3n) is 9.36. The molecule has 234 valence electrons. The van der Waals surface area contributed by atoms with Crippen LogP contribution in [0.15, 0.2) is 24.0 Å². The normalized spacial score (nSPS) is 27.6. The zero-order valence-electron chi connectivity index (χ0n) is 25.5. The van der Waals surface area contributed by atoms with Crippen LogP contribution >= 0.6 is 0 Å². The van der Waals surface area contributed by atoms with E-state index in [1.54, 1.807) is 13.2 Å². The van der Waals surface area contributed by atoms with E-state index < -0.39 is 47.1 Å². The zero-order valence-corrected chi connectivity index (χ0v) is 25.5. The number of ether oxygens (including phenoxy) is 4. The summed E-state index contributed by atoms with van der Waals surface area (Å²) < 4.78 is 23.2. The van der Waals surface area contributed by atoms with Crippen molar-refractivity contribution < 1.29 is 43.2 Å². The third kappa shape index (κ3) is 5.36. The van der Waals surface area contributed by atoms with Crippen molar-refractivity contribution in [1.29, 1.82) is 0 Å². The van der Waals surface area contributed by atoms with E-state index in [-0.39, 0.29) is 30.7 Å². The first kappa shape index (κ1) is 30.8. The van der Waals surface area contributed by atoms with E-state index in [0.717, 1.165) is 30.4 Å². The lowest BCUT2D eigenvalue weighted by molar-refractivity contribution is -0.171. The lowest BCUT2D eigenvalue weighted by Gasteiger charge is -2.59. The molecule has 5 rings (SSSR count). The van der Waals surface area contributed by atoms with Crippen molar-refractivity contribution in [2.24, 2.45) is 11.8 Å². The van der Waals surface area contributed by atoms with E-state index in [4.69, 9.17) is 18.9 Å². The molecule has 11 heteroatoms. The summed E-state index contributed by atoms with van der Waals surface area (Å²) in [5.74, 6) is -0.458. The number of amides is 2. The van der Waals surface area contributed by atoms with Gasteiger partial charge in [0.05, 0.1) is 24.5 Å². The fourth-order valence-electron chi connectivity index (χ4n) is 7.54. The van der Waals surface area contributed by atoms with Crippen LogP contribution < -0.4 is 20.1 Å². The molecule has 1 aromatic carbocycles. The summed E-state index contributed by atoms with van der Waals surface area (Å²) in [7, 11) is 1.57. The average molecular weight is 599 g/mol. The Hall–Kier alpha value is -3.60. The highest BCUT2D eigenvalue weighted by molar-refractivity contribution is 5.87. The number of benzene rings is 1. The molecule has 2 bridgehead atoms. The van der Waals surface area contributed by atoms with Gasteiger partial charge in [-0.3, -0.25) is 14.4 Å². The number of carbonyl (C=O) groups excluding carboxylic acids is 4. The first-order valence-electron chi connectivity index (χ1n) is 15.2. The van der Waals surface area contributed by atoms with Gasteiger partial charge in [-0.2, -0.15) is 0 Å². The summed E-state index contributed by atoms with van der Waals surface area (Å²) in [6.07, 6.45) is 3.67. The van der Waals surface area contributed by atoms with Crippen molar-refractivity contribution in [2.75, 3.05) is 13.7 Å². The Balaban J connectivity index is 1.22. The maximum Gasteiger partial charge on any atom is 0.352 e. The quantitative estimate of drug-likeness (QED) is 0.327. The topological polar surface area (TPSA) is 149 Å². The fraction of sp³-hybridized carbons (Fsp3) is 0.625. The Kier molecular flexibility index (Phi) is 8.48. The van der Waals surface area contributed by atoms with Gasteiger partial charge in [0, 0.05) is 19.0 Å². The molecule has 0 saturated heterocycles. The molecule has 2 amide bonds. The Labute approximate surface area is 251 Å². The minimum absolute atomic E-state index is 0.0145. The van der Waals surface area contributed by atoms with Gasteiger partial charge in [-0.25, -0.2) is 4.79 Å². The van der Waals surface area contributed by atoms with Crippen LogP contribution in [0.2, 0.25) is 0 Å². The maximum atomic E-state index is 13.1. The zero-order chi connectivity index (χ0) is 31.1. The molecule has 1 aromatic rings. The van der Waals surface area contributed by atoms with Gasteiger partial charge in [0.2, 0.25) is 11.8 Å². The van der Waals surface area contributed by atoms with Gasteiger partial charge < -0.3 is 34.7 Å². The molecule has 43 heavy (non-hydrogen) atoms. The summed E-state index contributed by atoms with van der Waals surface area (Å²) in [6, 6.07) is 3.22. The van der Waals surface area contributed by atoms with Crippen molar-refractivity contribution in [3.63, 3.8) is 0 Å². The molecule has 3 N–H and O–H groups in total. The highest BCUT2D eigenvalue weighted by atomic mass is 16.6. The molecule has 6 atom stereocenters. The molecular formula is C32H42N2O9. The number of carbonyl (C=O) groups is 4. The van der Waals surface area contributed by atoms with Crippen molar-refractivity contribution in [3.8, 4) is 11.5 Å². The molecule has 0 aromatic heterocycles. The largest absolute Gasteiger partial charge is 0.493 e. The maximum absolute atomic E-state index is 13.1. The standard InChI is InChI=1S/C32H42N2O9/c1-17(2)15-22(34-19(4)35)29(37)33-14-11-25(36)41-18(3)30(38)42-24-10-13-32(39)21-7-6-12-31(32)26-20(16-21)8-9-23(40-5)27(26)43-28(24)31/h8-10,17-18,21-22,28,39H,6-7,11-16H2,1-5H3,(H,33,37)(H,34,35)/t18-,21+,22-,28-,31-,32+/m0/s1. The number of esters is 2. The number of hydrogen-bond acceptors (Lipinski definition) is 9. The van der Waals surface area contributed by atoms with Crippen LogP contribution in [0, 0.1) is 11.8 Å². The number of aliphatic hydroxyl groups is 1. The van der Waals surface area contributed by atoms with Gasteiger partial charge in [-0.15, -0.1) is 0 Å². The number of methoxy groups -OCH3 is 1. The number of hydrogen-bond donors (Lipinski definition) is 3. The van der Waals surface area contributed by atoms with Crippen molar-refractivity contribution in [2.45, 2.75) is 102 Å². The SMILES string of the molecule is COc1ccc2c3c1O[C@H]1C(OC(=O)[C@H](C)OC(=O)CCNC(=O)[C@H](CC(C)C)NC(C)=O)=CC[C@@]4(O)[C@H](CCC[C@]314)C2. The Bertz CT molecular complexity index is 1340. The van der Waals surface area contributed by atoms with E-state index in [2.05, 4.69) is 10.6 Å². The molecule has 0 unspecified atom stereocenters. The molecule has 3 aliphatic carbocycles. The van der Waals surface area contributed by atoms with Crippen LogP contribution in [0.3, 0.4) is 0 Å². The monoisotopic (exact) mass is 598 g/mol. The highest BCUT2D eigenvalue weighted by Gasteiger charge is 2.71. The van der Waals surface area contributed by atoms with Crippen LogP contribution in [-0.4, -0.2) is 66.4 Å². The van der Waals surface area contributed by atoms with Gasteiger partial charge in [0.1, 0.15) is 11.8 Å². The van der Waals surface area contributed by atoms with E-state index in [9.17, 15) is 24.3 Å². The molecule has 4 aliphatic rings. The summed E-state index contributed by atoms with van der Waals surface area (Å²) in [6.45, 7) is 6.63. The lowest BCUT2D eigenvalue weighted by atomic mass is 9.47. The predicted molar refractivity (Wildman–Crippen MR) is 154 cm³/mol. The fourth-order valence-corrected chi connectivity index (χ4v) is 7.54. The smallest absolute Gasteiger partial charge is 0.352 e. The van der Waals surface area contributed by atoms with E-state index in [1.165, 1.54) is 13.8 Å². The first-order chi connectivity index (χ1) is 20.4. The summed E-state index contributed by atoms with van der Waals surface area (Å²) >= 11 is 0. The van der Waals surface area contributed by atoms with Gasteiger partial charge in [0.25, 0.3) is 0 Å². The minimum atomic E-state index is -1.21. The van der Waals surface area contributed by atoms with Crippen LogP contribution in [-0.2, 0) is 40.5 Å². The van der Waals surface area contributed by atoms with Crippen molar-refractivity contribution in [1.82, 2.24) is 10.6 Å². The number of rotatable bonds is 11. The van der Waals surface area contributed by atoms with Gasteiger partial charge >= 0.3 is 11.9 Å². The molecule has 1 heterocycles. The van der Waals surface area contributed by atoms with E-state index in [0.29, 0.717) is 36.5 Å². The van der Waals surface area contributed by atoms with Crippen LogP contribution in [0.4, 0.5) is 0 Å². The summed E-state index contributed by atoms with van der Waals surface area (Å²) in [5.41, 5.74) is 0.281. The second kappa shape index (κ2) is 11.8. The van der Waals surface area contributed by atoms with Crippen LogP contribution in [0.25, 0.3) is 0 Å². The van der Waals surface area contributed by atoms with Crippen LogP contribution in [0.1, 0.15) is 77.3 Å². The molecule has 1 fully saturated rings. The van der Waals surface area contributed by atoms with Gasteiger partial charge in [-0.1, -0.05) is 26.3 Å². The number of nitrogens with one attached hydrogen (secondary N) is 2. The predicted octanol–water partition coefficient (Wildman–Crippen LogP) is 2.60. The second-order valence-electron chi connectivity index (χ2n) is 12.6. The van der Waals surface area contributed by atoms with E-state index in [1.807, 2.05) is 26.0 Å². The Morgan fingerprint density at radius 3 is 2.65 bits per heavy atom. The lowest BCUT2D eigenvalue weighted by Crippen LogP contribution is -2.67. The summed E-state index contributed by atoms with van der Waals surface area (Å²) in [5, 5.41) is 17.4. The molecule has 1 aliphatic heterocycles. The minimum Gasteiger partial charge on any atom is -0.493 e. The summed E-state index contributed by atoms with van der Waals surface area (Å²) in [4.78, 5) is 49.6. The van der Waals surface area contributed by atoms with Crippen molar-refractivity contribution in [3.05, 3.63) is 35.1 Å². The molecule has 11 nitrogen and oxygen atoms in total. The Morgan fingerprint density at radius 1 is 1.19 bits per heavy atom. The van der Waals surface area contributed by atoms with E-state index >= 15 is 0 Å². The molecule has 1 spiro atoms. The van der Waals surface area contributed by atoms with Crippen LogP contribution in [0.5, 0.6) is 11.5 Å². The first-order valence-corrected chi connectivity index (χ1v) is 15.2. The second-order valence-corrected chi connectivity index (χ2v) is 12.6. The van der Waals surface area contributed by atoms with Gasteiger partial charge in [0.15, 0.2) is 23.7 Å². The van der Waals surface area contributed by atoms with Crippen molar-refractivity contribution >= 4 is 23.8 Å². The van der Waals surface area contributed by atoms with Gasteiger partial charge in [-0.05, 0) is 68.6 Å². The molecule has 0 radical (unpaired) electrons. The third-order valence-corrected chi connectivity index (χ3v) is 9.36. The highest BCUT2D eigenvalue weighted by Crippen LogP contribution is 2.67. The average Bonchev–Trinajstić information content (AvgIpc) is 3.28.